The second-order valence-electron chi connectivity index (χ2n) is 7.28. The van der Waals surface area contributed by atoms with E-state index in [0.29, 0.717) is 30.0 Å². The molecule has 1 N–H and O–H groups in total. The van der Waals surface area contributed by atoms with Crippen LogP contribution in [0.2, 0.25) is 0 Å². The molecule has 30 heavy (non-hydrogen) atoms. The molecule has 2 aromatic heterocycles. The van der Waals surface area contributed by atoms with E-state index < -0.39 is 6.04 Å². The van der Waals surface area contributed by atoms with Gasteiger partial charge < -0.3 is 4.42 Å². The highest BCUT2D eigenvalue weighted by Crippen LogP contribution is 2.25. The van der Waals surface area contributed by atoms with Gasteiger partial charge >= 0.3 is 11.7 Å². The number of anilines is 1. The van der Waals surface area contributed by atoms with Crippen LogP contribution in [0.25, 0.3) is 11.3 Å². The Hall–Kier alpha value is -3.80. The van der Waals surface area contributed by atoms with Crippen LogP contribution in [0.4, 0.5) is 10.2 Å². The maximum absolute atomic E-state index is 13.7. The number of aromatic nitrogens is 2. The Morgan fingerprint density at radius 3 is 2.70 bits per heavy atom. The molecule has 148 valence electrons. The first-order valence-corrected chi connectivity index (χ1v) is 9.76. The van der Waals surface area contributed by atoms with Crippen LogP contribution < -0.4 is 9.88 Å². The minimum atomic E-state index is -0.449. The van der Waals surface area contributed by atoms with Crippen molar-refractivity contribution in [3.8, 4) is 11.3 Å². The zero-order valence-corrected chi connectivity index (χ0v) is 16.1. The molecule has 1 aliphatic heterocycles. The third-order valence-electron chi connectivity index (χ3n) is 5.18. The molecule has 0 amide bonds. The van der Waals surface area contributed by atoms with Gasteiger partial charge in [-0.2, -0.15) is 4.57 Å². The predicted molar refractivity (Wildman–Crippen MR) is 110 cm³/mol. The number of furan rings is 1. The second-order valence-corrected chi connectivity index (χ2v) is 7.28. The first kappa shape index (κ1) is 18.2. The van der Waals surface area contributed by atoms with E-state index >= 15 is 0 Å². The summed E-state index contributed by atoms with van der Waals surface area (Å²) < 4.78 is 20.8. The molecular weight excluding hydrogens is 381 g/mol. The number of halogens is 1. The number of rotatable bonds is 5. The quantitative estimate of drug-likeness (QED) is 0.514. The minimum absolute atomic E-state index is 0.0681. The van der Waals surface area contributed by atoms with Crippen molar-refractivity contribution in [2.45, 2.75) is 18.9 Å². The van der Waals surface area contributed by atoms with Crippen LogP contribution in [0, 0.1) is 5.82 Å². The van der Waals surface area contributed by atoms with Crippen LogP contribution in [0.3, 0.4) is 0 Å². The Balaban J connectivity index is 1.57. The number of nitrogens with zero attached hydrogens (tertiary/aromatic N) is 2. The normalized spacial score (nSPS) is 15.1. The zero-order valence-electron chi connectivity index (χ0n) is 16.1. The maximum Gasteiger partial charge on any atom is 0.359 e. The fourth-order valence-corrected chi connectivity index (χ4v) is 3.75. The molecule has 0 fully saturated rings. The van der Waals surface area contributed by atoms with Gasteiger partial charge in [0.15, 0.2) is 0 Å². The van der Waals surface area contributed by atoms with Gasteiger partial charge in [0.2, 0.25) is 6.04 Å². The van der Waals surface area contributed by atoms with Crippen LogP contribution in [-0.4, -0.2) is 16.9 Å². The summed E-state index contributed by atoms with van der Waals surface area (Å²) >= 11 is 0. The fourth-order valence-electron chi connectivity index (χ4n) is 3.75. The maximum atomic E-state index is 13.7. The number of fused-ring (bicyclic) bond motifs is 1. The molecule has 2 aromatic carbocycles. The van der Waals surface area contributed by atoms with Crippen molar-refractivity contribution in [2.24, 2.45) is 0 Å². The van der Waals surface area contributed by atoms with Gasteiger partial charge in [0, 0.05) is 12.0 Å². The predicted octanol–water partition coefficient (Wildman–Crippen LogP) is 4.04. The molecule has 5 rings (SSSR count). The number of hydrogen-bond donors (Lipinski definition) is 1. The summed E-state index contributed by atoms with van der Waals surface area (Å²) in [6.07, 6.45) is 4.20. The summed E-state index contributed by atoms with van der Waals surface area (Å²) in [5, 5.41) is 3.30. The molecule has 3 heterocycles. The van der Waals surface area contributed by atoms with Crippen molar-refractivity contribution in [2.75, 3.05) is 5.32 Å². The molecule has 0 radical (unpaired) electrons. The van der Waals surface area contributed by atoms with Crippen molar-refractivity contribution in [3.63, 3.8) is 0 Å². The summed E-state index contributed by atoms with van der Waals surface area (Å²) in [4.78, 5) is 18.0. The van der Waals surface area contributed by atoms with Crippen LogP contribution in [0.1, 0.15) is 21.8 Å². The van der Waals surface area contributed by atoms with Crippen LogP contribution in [0.5, 0.6) is 0 Å². The molecule has 6 heteroatoms. The molecule has 0 saturated heterocycles. The summed E-state index contributed by atoms with van der Waals surface area (Å²) in [6.45, 7) is 0. The molecule has 0 bridgehead atoms. The Kier molecular flexibility index (Phi) is 4.59. The largest absolute Gasteiger partial charge is 0.469 e. The van der Waals surface area contributed by atoms with Gasteiger partial charge in [-0.1, -0.05) is 42.5 Å². The lowest BCUT2D eigenvalue weighted by molar-refractivity contribution is -0.552. The Morgan fingerprint density at radius 2 is 1.93 bits per heavy atom. The number of nitrogens with one attached hydrogen (secondary N) is 1. The van der Waals surface area contributed by atoms with Crippen molar-refractivity contribution >= 4 is 11.7 Å². The fraction of sp³-hybridized carbons (Fsp3) is 0.125. The van der Waals surface area contributed by atoms with E-state index in [0.717, 1.165) is 16.9 Å². The SMILES string of the molecule is O=C1C(Cc2ccco2)Nc2c(Cc3cccc(F)c3)nc(-c3ccccc3)c[n+]21. The van der Waals surface area contributed by atoms with E-state index in [4.69, 9.17) is 9.40 Å². The Morgan fingerprint density at radius 1 is 1.07 bits per heavy atom. The molecule has 0 spiro atoms. The van der Waals surface area contributed by atoms with Crippen molar-refractivity contribution in [1.29, 1.82) is 0 Å². The Bertz CT molecular complexity index is 1210. The van der Waals surface area contributed by atoms with E-state index in [9.17, 15) is 9.18 Å². The highest BCUT2D eigenvalue weighted by atomic mass is 19.1. The third-order valence-corrected chi connectivity index (χ3v) is 5.18. The lowest BCUT2D eigenvalue weighted by Crippen LogP contribution is -2.44. The van der Waals surface area contributed by atoms with Crippen molar-refractivity contribution in [1.82, 2.24) is 4.98 Å². The lowest BCUT2D eigenvalue weighted by atomic mass is 10.1. The van der Waals surface area contributed by atoms with Gasteiger partial charge in [-0.25, -0.2) is 14.2 Å². The first-order valence-electron chi connectivity index (χ1n) is 9.76. The van der Waals surface area contributed by atoms with Gasteiger partial charge in [0.05, 0.1) is 12.7 Å². The van der Waals surface area contributed by atoms with E-state index in [1.165, 1.54) is 12.1 Å². The van der Waals surface area contributed by atoms with E-state index in [1.54, 1.807) is 29.2 Å². The number of hydrogen-bond acceptors (Lipinski definition) is 4. The number of benzene rings is 2. The van der Waals surface area contributed by atoms with E-state index in [1.807, 2.05) is 42.5 Å². The molecule has 5 nitrogen and oxygen atoms in total. The highest BCUT2D eigenvalue weighted by molar-refractivity contribution is 5.82. The van der Waals surface area contributed by atoms with Gasteiger partial charge in [-0.05, 0) is 29.8 Å². The molecule has 1 atom stereocenters. The average Bonchev–Trinajstić information content (AvgIpc) is 3.38. The van der Waals surface area contributed by atoms with Crippen molar-refractivity contribution in [3.05, 3.63) is 102 Å². The standard InChI is InChI=1S/C24H18FN3O2/c25-18-9-4-6-16(12-18)13-20-23-27-21(14-19-10-5-11-30-19)24(29)28(23)15-22(26-20)17-7-2-1-3-8-17/h1-12,15,21H,13-14H2/p+1. The number of carbonyl (C=O) groups excluding carboxylic acids is 1. The van der Waals surface area contributed by atoms with Crippen LogP contribution >= 0.6 is 0 Å². The summed E-state index contributed by atoms with van der Waals surface area (Å²) in [5.41, 5.74) is 3.09. The number of carbonyl (C=O) groups is 1. The molecule has 1 unspecified atom stereocenters. The highest BCUT2D eigenvalue weighted by Gasteiger charge is 2.41. The van der Waals surface area contributed by atoms with Crippen molar-refractivity contribution < 1.29 is 18.2 Å². The molecular formula is C24H19FN3O2+. The molecule has 1 aliphatic rings. The van der Waals surface area contributed by atoms with Crippen LogP contribution in [-0.2, 0) is 12.8 Å². The van der Waals surface area contributed by atoms with Gasteiger partial charge in [-0.15, -0.1) is 0 Å². The topological polar surface area (TPSA) is 59.0 Å². The first-order chi connectivity index (χ1) is 14.7. The lowest BCUT2D eigenvalue weighted by Gasteiger charge is -2.07. The van der Waals surface area contributed by atoms with Gasteiger partial charge in [0.25, 0.3) is 0 Å². The molecule has 0 aliphatic carbocycles. The zero-order chi connectivity index (χ0) is 20.5. The van der Waals surface area contributed by atoms with E-state index in [2.05, 4.69) is 5.32 Å². The Labute approximate surface area is 172 Å². The minimum Gasteiger partial charge on any atom is -0.469 e. The third kappa shape index (κ3) is 3.48. The summed E-state index contributed by atoms with van der Waals surface area (Å²) in [7, 11) is 0. The van der Waals surface area contributed by atoms with Gasteiger partial charge in [0.1, 0.15) is 29.2 Å². The molecule has 4 aromatic rings. The second kappa shape index (κ2) is 7.55. The monoisotopic (exact) mass is 400 g/mol. The molecule has 0 saturated carbocycles. The summed E-state index contributed by atoms with van der Waals surface area (Å²) in [5.74, 6) is 1.01. The van der Waals surface area contributed by atoms with Crippen LogP contribution in [0.15, 0.2) is 83.6 Å². The van der Waals surface area contributed by atoms with Gasteiger partial charge in [-0.3, -0.25) is 5.32 Å². The average molecular weight is 400 g/mol. The summed E-state index contributed by atoms with van der Waals surface area (Å²) in [6, 6.07) is 19.3. The van der Waals surface area contributed by atoms with E-state index in [-0.39, 0.29) is 11.7 Å². The smallest absolute Gasteiger partial charge is 0.359 e.